The molecule has 1 aromatic carbocycles. The van der Waals surface area contributed by atoms with Gasteiger partial charge in [-0.15, -0.1) is 0 Å². The molecule has 2 fully saturated rings. The number of aromatic nitrogens is 1. The fourth-order valence-corrected chi connectivity index (χ4v) is 5.64. The number of halogens is 1. The van der Waals surface area contributed by atoms with Crippen molar-refractivity contribution in [2.24, 2.45) is 5.92 Å². The van der Waals surface area contributed by atoms with Gasteiger partial charge in [0, 0.05) is 44.0 Å². The molecule has 1 saturated carbocycles. The van der Waals surface area contributed by atoms with E-state index in [0.29, 0.717) is 62.6 Å². The van der Waals surface area contributed by atoms with Gasteiger partial charge in [0.1, 0.15) is 17.1 Å². The molecule has 2 aromatic rings. The summed E-state index contributed by atoms with van der Waals surface area (Å²) in [7, 11) is 0. The molecule has 1 saturated heterocycles. The number of carbonyl (C=O) groups excluding carboxylic acids is 2. The van der Waals surface area contributed by atoms with Crippen molar-refractivity contribution in [3.63, 3.8) is 0 Å². The molecule has 2 amide bonds. The minimum Gasteiger partial charge on any atom is -0.352 e. The molecule has 38 heavy (non-hydrogen) atoms. The van der Waals surface area contributed by atoms with Gasteiger partial charge in [-0.3, -0.25) is 19.9 Å². The van der Waals surface area contributed by atoms with Gasteiger partial charge >= 0.3 is 0 Å². The molecule has 8 nitrogen and oxygen atoms in total. The van der Waals surface area contributed by atoms with E-state index in [9.17, 15) is 9.59 Å². The van der Waals surface area contributed by atoms with Crippen molar-refractivity contribution in [2.75, 3.05) is 36.4 Å². The van der Waals surface area contributed by atoms with E-state index in [1.807, 2.05) is 35.2 Å². The third-order valence-electron chi connectivity index (χ3n) is 7.83. The third kappa shape index (κ3) is 5.66. The van der Waals surface area contributed by atoms with Crippen LogP contribution in [0.3, 0.4) is 0 Å². The van der Waals surface area contributed by atoms with E-state index in [4.69, 9.17) is 16.4 Å². The first-order valence-electron chi connectivity index (χ1n) is 13.4. The number of piperazine rings is 1. The first kappa shape index (κ1) is 26.5. The maximum atomic E-state index is 13.2. The quantitative estimate of drug-likeness (QED) is 0.589. The number of rotatable bonds is 4. The lowest BCUT2D eigenvalue weighted by Gasteiger charge is -2.35. The zero-order valence-electron chi connectivity index (χ0n) is 22.3. The van der Waals surface area contributed by atoms with Crippen molar-refractivity contribution < 1.29 is 14.4 Å². The average molecular weight is 538 g/mol. The lowest BCUT2D eigenvalue weighted by Crippen LogP contribution is -2.50. The van der Waals surface area contributed by atoms with Crippen molar-refractivity contribution in [3.05, 3.63) is 65.0 Å². The predicted octanol–water partition coefficient (Wildman–Crippen LogP) is 4.67. The Hall–Kier alpha value is -3.10. The van der Waals surface area contributed by atoms with E-state index >= 15 is 0 Å². The Balaban J connectivity index is 1.13. The number of hydrogen-bond acceptors (Lipinski definition) is 6. The number of pyridine rings is 1. The Morgan fingerprint density at radius 2 is 1.76 bits per heavy atom. The predicted molar refractivity (Wildman–Crippen MR) is 149 cm³/mol. The van der Waals surface area contributed by atoms with E-state index in [2.05, 4.69) is 53.6 Å². The fourth-order valence-electron chi connectivity index (χ4n) is 5.40. The second-order valence-corrected chi connectivity index (χ2v) is 11.9. The van der Waals surface area contributed by atoms with Crippen LogP contribution in [-0.4, -0.2) is 53.5 Å². The molecule has 9 heteroatoms. The molecule has 1 aromatic heterocycles. The molecule has 2 N–H and O–H groups in total. The van der Waals surface area contributed by atoms with Crippen LogP contribution in [0.15, 0.2) is 54.4 Å². The normalized spacial score (nSPS) is 23.7. The molecule has 202 valence electrons. The number of hydrogen-bond donors (Lipinski definition) is 2. The zero-order valence-corrected chi connectivity index (χ0v) is 23.1. The minimum atomic E-state index is -0.542. The number of hydroxylamine groups is 1. The first-order chi connectivity index (χ1) is 18.1. The van der Waals surface area contributed by atoms with Crippen molar-refractivity contribution in [1.82, 2.24) is 15.4 Å². The van der Waals surface area contributed by atoms with Crippen LogP contribution < -0.4 is 15.7 Å². The first-order valence-corrected chi connectivity index (χ1v) is 13.7. The van der Waals surface area contributed by atoms with Crippen molar-refractivity contribution in [1.29, 1.82) is 0 Å². The maximum Gasteiger partial charge on any atom is 0.272 e. The zero-order chi connectivity index (χ0) is 26.9. The SMILES string of the molecule is CC(C)(C)c1ccc(NC(=O)C2CCC3(C=C(C(=O)N4CCN(c5ncccc5Cl)CC4)NO3)CC2)cc1. The number of nitrogens with one attached hydrogen (secondary N) is 2. The number of carbonyl (C=O) groups is 2. The van der Waals surface area contributed by atoms with Gasteiger partial charge in [-0.25, -0.2) is 4.98 Å². The third-order valence-corrected chi connectivity index (χ3v) is 8.12. The van der Waals surface area contributed by atoms with Crippen LogP contribution in [0.25, 0.3) is 0 Å². The molecule has 3 heterocycles. The highest BCUT2D eigenvalue weighted by Gasteiger charge is 2.42. The molecule has 1 spiro atoms. The second-order valence-electron chi connectivity index (χ2n) is 11.5. The fraction of sp³-hybridized carbons (Fsp3) is 0.483. The van der Waals surface area contributed by atoms with Gasteiger partial charge in [0.2, 0.25) is 5.91 Å². The molecular formula is C29H36ClN5O3. The number of amides is 2. The number of nitrogens with zero attached hydrogens (tertiary/aromatic N) is 3. The Bertz CT molecular complexity index is 1210. The minimum absolute atomic E-state index is 0.0421. The van der Waals surface area contributed by atoms with Gasteiger partial charge in [0.15, 0.2) is 0 Å². The highest BCUT2D eigenvalue weighted by atomic mass is 35.5. The summed E-state index contributed by atoms with van der Waals surface area (Å²) in [6, 6.07) is 11.7. The Labute approximate surface area is 229 Å². The van der Waals surface area contributed by atoms with Gasteiger partial charge in [-0.1, -0.05) is 44.5 Å². The molecule has 2 aliphatic heterocycles. The Kier molecular flexibility index (Phi) is 7.38. The lowest BCUT2D eigenvalue weighted by atomic mass is 9.78. The molecular weight excluding hydrogens is 502 g/mol. The summed E-state index contributed by atoms with van der Waals surface area (Å²) in [6.07, 6.45) is 6.43. The molecule has 0 radical (unpaired) electrons. The Morgan fingerprint density at radius 3 is 2.39 bits per heavy atom. The van der Waals surface area contributed by atoms with Crippen LogP contribution in [0, 0.1) is 5.92 Å². The molecule has 0 bridgehead atoms. The van der Waals surface area contributed by atoms with Crippen molar-refractivity contribution >= 4 is 34.9 Å². The number of benzene rings is 1. The summed E-state index contributed by atoms with van der Waals surface area (Å²) >= 11 is 6.29. The van der Waals surface area contributed by atoms with Gasteiger partial charge in [-0.2, -0.15) is 0 Å². The van der Waals surface area contributed by atoms with Gasteiger partial charge in [0.25, 0.3) is 5.91 Å². The number of anilines is 2. The van der Waals surface area contributed by atoms with Crippen LogP contribution in [0.1, 0.15) is 52.0 Å². The van der Waals surface area contributed by atoms with Crippen LogP contribution in [-0.2, 0) is 19.8 Å². The Morgan fingerprint density at radius 1 is 1.08 bits per heavy atom. The van der Waals surface area contributed by atoms with Crippen LogP contribution in [0.4, 0.5) is 11.5 Å². The van der Waals surface area contributed by atoms with E-state index in [-0.39, 0.29) is 23.1 Å². The van der Waals surface area contributed by atoms with E-state index in [1.54, 1.807) is 6.20 Å². The largest absolute Gasteiger partial charge is 0.352 e. The summed E-state index contributed by atoms with van der Waals surface area (Å²) in [5.41, 5.74) is 4.96. The lowest BCUT2D eigenvalue weighted by molar-refractivity contribution is -0.130. The summed E-state index contributed by atoms with van der Waals surface area (Å²) in [4.78, 5) is 40.4. The smallest absolute Gasteiger partial charge is 0.272 e. The summed E-state index contributed by atoms with van der Waals surface area (Å²) in [5.74, 6) is 0.656. The van der Waals surface area contributed by atoms with Gasteiger partial charge in [-0.05, 0) is 67.0 Å². The monoisotopic (exact) mass is 537 g/mol. The van der Waals surface area contributed by atoms with Crippen LogP contribution >= 0.6 is 11.6 Å². The van der Waals surface area contributed by atoms with E-state index in [0.717, 1.165) is 11.5 Å². The summed E-state index contributed by atoms with van der Waals surface area (Å²) < 4.78 is 0. The standard InChI is InChI=1S/C29H36ClN5O3/c1-28(2,3)21-6-8-22(9-7-21)32-26(36)20-10-12-29(13-11-20)19-24(33-38-29)27(37)35-17-15-34(16-18-35)25-23(30)5-4-14-31-25/h4-9,14,19-20,33H,10-13,15-18H2,1-3H3,(H,32,36). The molecule has 3 aliphatic rings. The van der Waals surface area contributed by atoms with Crippen molar-refractivity contribution in [2.45, 2.75) is 57.5 Å². The van der Waals surface area contributed by atoms with Crippen LogP contribution in [0.5, 0.6) is 0 Å². The molecule has 5 rings (SSSR count). The molecule has 0 atom stereocenters. The second kappa shape index (κ2) is 10.6. The average Bonchev–Trinajstić information content (AvgIpc) is 3.32. The van der Waals surface area contributed by atoms with Gasteiger partial charge in [0.05, 0.1) is 5.02 Å². The molecule has 0 unspecified atom stereocenters. The summed E-state index contributed by atoms with van der Waals surface area (Å²) in [6.45, 7) is 9.01. The van der Waals surface area contributed by atoms with Gasteiger partial charge < -0.3 is 15.1 Å². The summed E-state index contributed by atoms with van der Waals surface area (Å²) in [5, 5.41) is 3.69. The van der Waals surface area contributed by atoms with Crippen LogP contribution in [0.2, 0.25) is 5.02 Å². The van der Waals surface area contributed by atoms with Crippen molar-refractivity contribution in [3.8, 4) is 0 Å². The highest BCUT2D eigenvalue weighted by Crippen LogP contribution is 2.39. The maximum absolute atomic E-state index is 13.2. The highest BCUT2D eigenvalue weighted by molar-refractivity contribution is 6.32. The van der Waals surface area contributed by atoms with E-state index in [1.165, 1.54) is 5.56 Å². The topological polar surface area (TPSA) is 86.8 Å². The molecule has 1 aliphatic carbocycles. The van der Waals surface area contributed by atoms with E-state index < -0.39 is 5.60 Å².